The number of nitrogens with one attached hydrogen (secondary N) is 1. The van der Waals surface area contributed by atoms with Gasteiger partial charge in [0.1, 0.15) is 5.82 Å². The normalized spacial score (nSPS) is 24.3. The molecule has 0 amide bonds. The molecule has 1 unspecified atom stereocenters. The third-order valence-electron chi connectivity index (χ3n) is 6.91. The first kappa shape index (κ1) is 17.2. The standard InChI is InChI=1S/C21H30N6/c1-15-18(14-26(2)25-15)19-5-6-20(24-23-19)22-12-17-11-21(17)7-9-27(10-8-21)13-16-3-4-16/h5-6,14,16-17H,3-4,7-13H2,1-2H3,(H,22,24). The summed E-state index contributed by atoms with van der Waals surface area (Å²) in [4.78, 5) is 2.70. The van der Waals surface area contributed by atoms with Gasteiger partial charge in [-0.3, -0.25) is 4.68 Å². The number of aromatic nitrogens is 4. The van der Waals surface area contributed by atoms with E-state index in [1.165, 1.54) is 51.7 Å². The van der Waals surface area contributed by atoms with Crippen molar-refractivity contribution in [3.8, 4) is 11.3 Å². The van der Waals surface area contributed by atoms with E-state index in [1.807, 2.05) is 37.0 Å². The predicted octanol–water partition coefficient (Wildman–Crippen LogP) is 3.11. The second-order valence-electron chi connectivity index (χ2n) is 8.99. The first-order valence-corrected chi connectivity index (χ1v) is 10.4. The van der Waals surface area contributed by atoms with Crippen LogP contribution in [0.2, 0.25) is 0 Å². The molecule has 0 radical (unpaired) electrons. The van der Waals surface area contributed by atoms with Crippen LogP contribution in [0, 0.1) is 24.2 Å². The molecule has 0 aromatic carbocycles. The highest BCUT2D eigenvalue weighted by Crippen LogP contribution is 2.59. The molecule has 1 N–H and O–H groups in total. The molecule has 3 heterocycles. The van der Waals surface area contributed by atoms with Gasteiger partial charge in [-0.2, -0.15) is 5.10 Å². The lowest BCUT2D eigenvalue weighted by Gasteiger charge is -2.33. The molecule has 1 aliphatic heterocycles. The zero-order chi connectivity index (χ0) is 18.4. The summed E-state index contributed by atoms with van der Waals surface area (Å²) in [6, 6.07) is 4.08. The molecule has 2 aromatic rings. The van der Waals surface area contributed by atoms with Crippen LogP contribution in [0.5, 0.6) is 0 Å². The van der Waals surface area contributed by atoms with Crippen LogP contribution in [0.3, 0.4) is 0 Å². The van der Waals surface area contributed by atoms with Gasteiger partial charge in [-0.15, -0.1) is 10.2 Å². The summed E-state index contributed by atoms with van der Waals surface area (Å²) in [6.45, 7) is 7.02. The Balaban J connectivity index is 1.12. The summed E-state index contributed by atoms with van der Waals surface area (Å²) in [7, 11) is 1.93. The average Bonchev–Trinajstić information content (AvgIpc) is 3.57. The molecule has 2 aromatic heterocycles. The van der Waals surface area contributed by atoms with Crippen LogP contribution in [-0.4, -0.2) is 51.1 Å². The van der Waals surface area contributed by atoms with Crippen molar-refractivity contribution < 1.29 is 0 Å². The van der Waals surface area contributed by atoms with E-state index in [0.717, 1.165) is 41.1 Å². The minimum atomic E-state index is 0.618. The first-order chi connectivity index (χ1) is 13.1. The van der Waals surface area contributed by atoms with Crippen molar-refractivity contribution in [2.24, 2.45) is 24.3 Å². The van der Waals surface area contributed by atoms with E-state index in [0.29, 0.717) is 5.41 Å². The highest BCUT2D eigenvalue weighted by molar-refractivity contribution is 5.61. The minimum Gasteiger partial charge on any atom is -0.368 e. The number of hydrogen-bond donors (Lipinski definition) is 1. The zero-order valence-electron chi connectivity index (χ0n) is 16.5. The molecule has 3 fully saturated rings. The summed E-state index contributed by atoms with van der Waals surface area (Å²) in [6.07, 6.45) is 9.09. The van der Waals surface area contributed by atoms with E-state index in [-0.39, 0.29) is 0 Å². The van der Waals surface area contributed by atoms with E-state index in [1.54, 1.807) is 0 Å². The summed E-state index contributed by atoms with van der Waals surface area (Å²) in [5, 5.41) is 16.7. The van der Waals surface area contributed by atoms with Crippen molar-refractivity contribution in [3.05, 3.63) is 24.0 Å². The van der Waals surface area contributed by atoms with Gasteiger partial charge >= 0.3 is 0 Å². The van der Waals surface area contributed by atoms with Crippen molar-refractivity contribution in [2.75, 3.05) is 31.5 Å². The number of rotatable bonds is 6. The van der Waals surface area contributed by atoms with Gasteiger partial charge in [0.05, 0.1) is 11.4 Å². The molecule has 0 bridgehead atoms. The molecule has 1 atom stereocenters. The largest absolute Gasteiger partial charge is 0.368 e. The lowest BCUT2D eigenvalue weighted by Crippen LogP contribution is -2.36. The van der Waals surface area contributed by atoms with Crippen molar-refractivity contribution in [3.63, 3.8) is 0 Å². The fraction of sp³-hybridized carbons (Fsp3) is 0.667. The number of aryl methyl sites for hydroxylation is 2. The van der Waals surface area contributed by atoms with Crippen LogP contribution >= 0.6 is 0 Å². The van der Waals surface area contributed by atoms with Crippen LogP contribution in [0.1, 0.15) is 37.8 Å². The van der Waals surface area contributed by atoms with Gasteiger partial charge in [-0.1, -0.05) is 0 Å². The van der Waals surface area contributed by atoms with Gasteiger partial charge in [0.15, 0.2) is 0 Å². The molecule has 2 saturated carbocycles. The Morgan fingerprint density at radius 1 is 1.19 bits per heavy atom. The van der Waals surface area contributed by atoms with E-state index in [9.17, 15) is 0 Å². The Kier molecular flexibility index (Phi) is 4.19. The number of likely N-dealkylation sites (tertiary alicyclic amines) is 1. The lowest BCUT2D eigenvalue weighted by molar-refractivity contribution is 0.158. The van der Waals surface area contributed by atoms with Crippen LogP contribution in [0.15, 0.2) is 18.3 Å². The monoisotopic (exact) mass is 366 g/mol. The maximum absolute atomic E-state index is 4.40. The Bertz CT molecular complexity index is 799. The van der Waals surface area contributed by atoms with Crippen molar-refractivity contribution >= 4 is 5.82 Å². The summed E-state index contributed by atoms with van der Waals surface area (Å²) in [5.41, 5.74) is 3.54. The van der Waals surface area contributed by atoms with Crippen LogP contribution in [-0.2, 0) is 7.05 Å². The van der Waals surface area contributed by atoms with E-state index < -0.39 is 0 Å². The second kappa shape index (κ2) is 6.59. The highest BCUT2D eigenvalue weighted by atomic mass is 15.3. The molecule has 5 rings (SSSR count). The topological polar surface area (TPSA) is 58.9 Å². The summed E-state index contributed by atoms with van der Waals surface area (Å²) < 4.78 is 1.82. The van der Waals surface area contributed by atoms with Gasteiger partial charge in [-0.05, 0) is 81.5 Å². The van der Waals surface area contributed by atoms with Crippen LogP contribution in [0.4, 0.5) is 5.82 Å². The zero-order valence-corrected chi connectivity index (χ0v) is 16.5. The van der Waals surface area contributed by atoms with Gasteiger partial charge in [0.25, 0.3) is 0 Å². The number of piperidine rings is 1. The summed E-state index contributed by atoms with van der Waals surface area (Å²) in [5.74, 6) is 2.71. The predicted molar refractivity (Wildman–Crippen MR) is 106 cm³/mol. The molecule has 27 heavy (non-hydrogen) atoms. The number of hydrogen-bond acceptors (Lipinski definition) is 5. The maximum atomic E-state index is 4.40. The fourth-order valence-corrected chi connectivity index (χ4v) is 4.83. The molecular weight excluding hydrogens is 336 g/mol. The van der Waals surface area contributed by atoms with Crippen molar-refractivity contribution in [1.29, 1.82) is 0 Å². The SMILES string of the molecule is Cc1nn(C)cc1-c1ccc(NCC2CC23CCN(CC2CC2)CC3)nn1. The van der Waals surface area contributed by atoms with Gasteiger partial charge in [0, 0.05) is 31.9 Å². The van der Waals surface area contributed by atoms with Gasteiger partial charge in [-0.25, -0.2) is 0 Å². The van der Waals surface area contributed by atoms with Crippen molar-refractivity contribution in [2.45, 2.75) is 39.0 Å². The molecular formula is C21H30N6. The van der Waals surface area contributed by atoms with E-state index >= 15 is 0 Å². The summed E-state index contributed by atoms with van der Waals surface area (Å²) >= 11 is 0. The Labute approximate surface area is 161 Å². The minimum absolute atomic E-state index is 0.618. The maximum Gasteiger partial charge on any atom is 0.148 e. The Morgan fingerprint density at radius 2 is 2.00 bits per heavy atom. The van der Waals surface area contributed by atoms with Gasteiger partial charge < -0.3 is 10.2 Å². The molecule has 3 aliphatic rings. The third kappa shape index (κ3) is 3.59. The average molecular weight is 367 g/mol. The Morgan fingerprint density at radius 3 is 2.63 bits per heavy atom. The lowest BCUT2D eigenvalue weighted by atomic mass is 9.90. The molecule has 144 valence electrons. The van der Waals surface area contributed by atoms with Crippen LogP contribution in [0.25, 0.3) is 11.3 Å². The molecule has 2 aliphatic carbocycles. The Hall–Kier alpha value is -1.95. The molecule has 6 nitrogen and oxygen atoms in total. The molecule has 1 saturated heterocycles. The smallest absolute Gasteiger partial charge is 0.148 e. The van der Waals surface area contributed by atoms with E-state index in [2.05, 4.69) is 25.5 Å². The fourth-order valence-electron chi connectivity index (χ4n) is 4.83. The third-order valence-corrected chi connectivity index (χ3v) is 6.91. The number of nitrogens with zero attached hydrogens (tertiary/aromatic N) is 5. The van der Waals surface area contributed by atoms with Gasteiger partial charge in [0.2, 0.25) is 0 Å². The quantitative estimate of drug-likeness (QED) is 0.851. The molecule has 1 spiro atoms. The number of anilines is 1. The van der Waals surface area contributed by atoms with E-state index in [4.69, 9.17) is 0 Å². The van der Waals surface area contributed by atoms with Crippen molar-refractivity contribution in [1.82, 2.24) is 24.9 Å². The van der Waals surface area contributed by atoms with Crippen LogP contribution < -0.4 is 5.32 Å². The second-order valence-corrected chi connectivity index (χ2v) is 8.99. The highest BCUT2D eigenvalue weighted by Gasteiger charge is 2.54. The molecule has 6 heteroatoms. The first-order valence-electron chi connectivity index (χ1n) is 10.4.